The van der Waals surface area contributed by atoms with Gasteiger partial charge in [0.25, 0.3) is 0 Å². The first-order valence-corrected chi connectivity index (χ1v) is 16.0. The van der Waals surface area contributed by atoms with Gasteiger partial charge >= 0.3 is 0 Å². The average Bonchev–Trinajstić information content (AvgIpc) is 3.50. The topological polar surface area (TPSA) is 26.3 Å². The van der Waals surface area contributed by atoms with Crippen molar-refractivity contribution < 1.29 is 8.83 Å². The first kappa shape index (κ1) is 26.9. The van der Waals surface area contributed by atoms with E-state index in [0.29, 0.717) is 0 Å². The van der Waals surface area contributed by atoms with Crippen molar-refractivity contribution in [3.63, 3.8) is 0 Å². The van der Waals surface area contributed by atoms with Gasteiger partial charge in [0.15, 0.2) is 0 Å². The number of hydrogen-bond donors (Lipinski definition) is 0. The van der Waals surface area contributed by atoms with E-state index in [1.165, 1.54) is 116 Å². The van der Waals surface area contributed by atoms with Gasteiger partial charge in [-0.15, -0.1) is 0 Å². The molecule has 0 spiro atoms. The number of unbranched alkanes of at least 4 members (excludes halogenated alkanes) is 10. The molecule has 0 fully saturated rings. The lowest BCUT2D eigenvalue weighted by Crippen LogP contribution is -1.96. The lowest BCUT2D eigenvalue weighted by Gasteiger charge is -2.11. The molecule has 0 aliphatic rings. The third-order valence-corrected chi connectivity index (χ3v) is 8.85. The van der Waals surface area contributed by atoms with E-state index in [1.807, 2.05) is 0 Å². The standard InChI is InChI=1S/C38H44O2/c1-3-5-7-9-11-13-17-27-21-31-33-25-38-34(32-22-28-19-15-16-20-30(28)24-36(32)40-38)26-37(33)39-35(31)23-29(27)18-14-12-10-8-6-4-2/h15-16,19-26H,3-14,17-18H2,1-2H3. The van der Waals surface area contributed by atoms with Crippen LogP contribution in [-0.2, 0) is 12.8 Å². The van der Waals surface area contributed by atoms with Crippen LogP contribution in [0, 0.1) is 0 Å². The highest BCUT2D eigenvalue weighted by atomic mass is 16.3. The van der Waals surface area contributed by atoms with Gasteiger partial charge in [0.1, 0.15) is 22.3 Å². The lowest BCUT2D eigenvalue weighted by molar-refractivity contribution is 0.599. The Balaban J connectivity index is 1.34. The molecule has 2 heterocycles. The first-order valence-electron chi connectivity index (χ1n) is 16.0. The molecule has 208 valence electrons. The molecule has 40 heavy (non-hydrogen) atoms. The van der Waals surface area contributed by atoms with Crippen molar-refractivity contribution in [1.29, 1.82) is 0 Å². The van der Waals surface area contributed by atoms with E-state index in [0.717, 1.165) is 39.5 Å². The molecule has 0 saturated heterocycles. The van der Waals surface area contributed by atoms with Crippen LogP contribution in [0.4, 0.5) is 0 Å². The van der Waals surface area contributed by atoms with Crippen LogP contribution < -0.4 is 0 Å². The summed E-state index contributed by atoms with van der Waals surface area (Å²) in [6, 6.07) is 22.1. The first-order chi connectivity index (χ1) is 19.7. The van der Waals surface area contributed by atoms with Crippen LogP contribution in [0.1, 0.15) is 102 Å². The molecular formula is C38H44O2. The fraction of sp³-hybridized carbons (Fsp3) is 0.421. The quantitative estimate of drug-likeness (QED) is 0.130. The highest BCUT2D eigenvalue weighted by Gasteiger charge is 2.16. The van der Waals surface area contributed by atoms with Gasteiger partial charge in [-0.1, -0.05) is 102 Å². The molecule has 0 aliphatic heterocycles. The fourth-order valence-electron chi connectivity index (χ4n) is 6.52. The Bertz CT molecular complexity index is 1730. The second kappa shape index (κ2) is 12.5. The third kappa shape index (κ3) is 5.64. The Morgan fingerprint density at radius 3 is 1.45 bits per heavy atom. The zero-order valence-electron chi connectivity index (χ0n) is 24.5. The van der Waals surface area contributed by atoms with Gasteiger partial charge in [0, 0.05) is 21.5 Å². The molecule has 2 nitrogen and oxygen atoms in total. The van der Waals surface area contributed by atoms with Crippen LogP contribution in [-0.4, -0.2) is 0 Å². The molecule has 2 heteroatoms. The number of furan rings is 2. The number of hydrogen-bond acceptors (Lipinski definition) is 2. The van der Waals surface area contributed by atoms with E-state index in [-0.39, 0.29) is 0 Å². The second-order valence-electron chi connectivity index (χ2n) is 11.9. The van der Waals surface area contributed by atoms with Gasteiger partial charge in [-0.25, -0.2) is 0 Å². The van der Waals surface area contributed by atoms with Gasteiger partial charge in [-0.05, 0) is 84.0 Å². The van der Waals surface area contributed by atoms with Gasteiger partial charge in [-0.3, -0.25) is 0 Å². The smallest absolute Gasteiger partial charge is 0.136 e. The molecule has 2 aromatic heterocycles. The molecule has 6 aromatic rings. The van der Waals surface area contributed by atoms with Crippen molar-refractivity contribution in [2.75, 3.05) is 0 Å². The summed E-state index contributed by atoms with van der Waals surface area (Å²) in [5.74, 6) is 0. The molecule has 0 bridgehead atoms. The van der Waals surface area contributed by atoms with Crippen LogP contribution in [0.2, 0.25) is 0 Å². The Labute approximate surface area is 238 Å². The number of benzene rings is 4. The second-order valence-corrected chi connectivity index (χ2v) is 11.9. The van der Waals surface area contributed by atoms with E-state index in [4.69, 9.17) is 8.83 Å². The predicted molar refractivity (Wildman–Crippen MR) is 173 cm³/mol. The van der Waals surface area contributed by atoms with Crippen molar-refractivity contribution in [1.82, 2.24) is 0 Å². The van der Waals surface area contributed by atoms with Crippen molar-refractivity contribution in [3.8, 4) is 0 Å². The van der Waals surface area contributed by atoms with E-state index in [9.17, 15) is 0 Å². The molecule has 6 rings (SSSR count). The maximum atomic E-state index is 6.55. The monoisotopic (exact) mass is 532 g/mol. The van der Waals surface area contributed by atoms with Crippen LogP contribution in [0.3, 0.4) is 0 Å². The minimum absolute atomic E-state index is 0.939. The average molecular weight is 533 g/mol. The summed E-state index contributed by atoms with van der Waals surface area (Å²) in [7, 11) is 0. The minimum Gasteiger partial charge on any atom is -0.456 e. The van der Waals surface area contributed by atoms with E-state index < -0.39 is 0 Å². The molecule has 0 aliphatic carbocycles. The highest BCUT2D eigenvalue weighted by Crippen LogP contribution is 2.39. The number of aryl methyl sites for hydroxylation is 2. The number of rotatable bonds is 14. The van der Waals surface area contributed by atoms with Crippen LogP contribution >= 0.6 is 0 Å². The Morgan fingerprint density at radius 1 is 0.425 bits per heavy atom. The summed E-state index contributed by atoms with van der Waals surface area (Å²) in [6.45, 7) is 4.58. The molecule has 4 aromatic carbocycles. The Hall–Kier alpha value is -3.26. The van der Waals surface area contributed by atoms with Crippen molar-refractivity contribution in [3.05, 3.63) is 71.8 Å². The van der Waals surface area contributed by atoms with Crippen LogP contribution in [0.15, 0.2) is 69.5 Å². The summed E-state index contributed by atoms with van der Waals surface area (Å²) in [5.41, 5.74) is 6.88. The maximum absolute atomic E-state index is 6.55. The minimum atomic E-state index is 0.939. The van der Waals surface area contributed by atoms with E-state index >= 15 is 0 Å². The fourth-order valence-corrected chi connectivity index (χ4v) is 6.52. The molecule has 0 unspecified atom stereocenters. The summed E-state index contributed by atoms with van der Waals surface area (Å²) in [6.07, 6.45) is 18.3. The van der Waals surface area contributed by atoms with Gasteiger partial charge in [-0.2, -0.15) is 0 Å². The zero-order chi connectivity index (χ0) is 27.3. The number of fused-ring (bicyclic) bond motifs is 7. The van der Waals surface area contributed by atoms with Crippen LogP contribution in [0.5, 0.6) is 0 Å². The molecule has 0 saturated carbocycles. The summed E-state index contributed by atoms with van der Waals surface area (Å²) in [5, 5.41) is 7.13. The van der Waals surface area contributed by atoms with E-state index in [2.05, 4.69) is 74.5 Å². The Morgan fingerprint density at radius 2 is 0.850 bits per heavy atom. The zero-order valence-corrected chi connectivity index (χ0v) is 24.5. The van der Waals surface area contributed by atoms with Crippen molar-refractivity contribution in [2.45, 2.75) is 104 Å². The van der Waals surface area contributed by atoms with Gasteiger partial charge in [0.05, 0.1) is 0 Å². The molecule has 0 amide bonds. The van der Waals surface area contributed by atoms with Crippen molar-refractivity contribution >= 4 is 54.6 Å². The normalized spacial score (nSPS) is 12.2. The summed E-state index contributed by atoms with van der Waals surface area (Å²) in [4.78, 5) is 0. The molecule has 0 radical (unpaired) electrons. The predicted octanol–water partition coefficient (Wildman–Crippen LogP) is 12.4. The largest absolute Gasteiger partial charge is 0.456 e. The Kier molecular flexibility index (Phi) is 8.42. The molecule has 0 N–H and O–H groups in total. The van der Waals surface area contributed by atoms with E-state index in [1.54, 1.807) is 0 Å². The van der Waals surface area contributed by atoms with Gasteiger partial charge < -0.3 is 8.83 Å². The SMILES string of the molecule is CCCCCCCCc1cc2oc3cc4c(cc3c2cc1CCCCCCCC)oc1cc2ccccc2cc14. The molecule has 0 atom stereocenters. The third-order valence-electron chi connectivity index (χ3n) is 8.85. The van der Waals surface area contributed by atoms with Gasteiger partial charge in [0.2, 0.25) is 0 Å². The van der Waals surface area contributed by atoms with Crippen LogP contribution in [0.25, 0.3) is 54.6 Å². The maximum Gasteiger partial charge on any atom is 0.136 e. The highest BCUT2D eigenvalue weighted by molar-refractivity contribution is 6.16. The lowest BCUT2D eigenvalue weighted by atomic mass is 9.94. The summed E-state index contributed by atoms with van der Waals surface area (Å²) < 4.78 is 13.0. The van der Waals surface area contributed by atoms with Crippen molar-refractivity contribution in [2.24, 2.45) is 0 Å². The summed E-state index contributed by atoms with van der Waals surface area (Å²) >= 11 is 0. The molecular weight excluding hydrogens is 488 g/mol.